The third-order valence-corrected chi connectivity index (χ3v) is 2.60. The third-order valence-electron chi connectivity index (χ3n) is 2.60. The summed E-state index contributed by atoms with van der Waals surface area (Å²) in [5.41, 5.74) is 0.221. The number of rotatable bonds is 0. The van der Waals surface area contributed by atoms with E-state index in [-0.39, 0.29) is 5.78 Å². The van der Waals surface area contributed by atoms with Gasteiger partial charge < -0.3 is 0 Å². The molecule has 0 atom stereocenters. The van der Waals surface area contributed by atoms with Crippen LogP contribution in [0.5, 0.6) is 0 Å². The molecule has 0 amide bonds. The molecule has 0 N–H and O–H groups in total. The molecule has 0 saturated carbocycles. The van der Waals surface area contributed by atoms with Gasteiger partial charge in [-0.1, -0.05) is 18.2 Å². The molecule has 1 aromatic rings. The standard InChI is InChI=1S/C12H13NO/c1-8-9-6-4-5-7-10(9)13-12(2,3)11(8)14/h4-7H,1-3H3. The van der Waals surface area contributed by atoms with Crippen molar-refractivity contribution >= 4 is 11.4 Å². The highest BCUT2D eigenvalue weighted by Crippen LogP contribution is 2.16. The number of Topliss-reactive ketones (excluding diaryl/α,β-unsaturated/α-hetero) is 1. The average Bonchev–Trinajstić information content (AvgIpc) is 2.14. The van der Waals surface area contributed by atoms with Gasteiger partial charge in [-0.15, -0.1) is 0 Å². The van der Waals surface area contributed by atoms with Crippen LogP contribution in [0.3, 0.4) is 0 Å². The molecule has 0 spiro atoms. The number of hydrogen-bond donors (Lipinski definition) is 0. The Morgan fingerprint density at radius 2 is 1.86 bits per heavy atom. The summed E-state index contributed by atoms with van der Waals surface area (Å²) in [4.78, 5) is 16.3. The first-order valence-electron chi connectivity index (χ1n) is 4.73. The molecule has 2 heteroatoms. The van der Waals surface area contributed by atoms with E-state index in [1.165, 1.54) is 0 Å². The highest BCUT2D eigenvalue weighted by atomic mass is 16.1. The normalized spacial score (nSPS) is 18.8. The van der Waals surface area contributed by atoms with Gasteiger partial charge in [0.1, 0.15) is 5.54 Å². The van der Waals surface area contributed by atoms with Gasteiger partial charge in [-0.25, -0.2) is 0 Å². The predicted octanol–water partition coefficient (Wildman–Crippen LogP) is 0.838. The van der Waals surface area contributed by atoms with E-state index >= 15 is 0 Å². The number of benzene rings is 1. The zero-order valence-electron chi connectivity index (χ0n) is 8.66. The average molecular weight is 187 g/mol. The summed E-state index contributed by atoms with van der Waals surface area (Å²) >= 11 is 0. The first-order valence-corrected chi connectivity index (χ1v) is 4.73. The summed E-state index contributed by atoms with van der Waals surface area (Å²) in [7, 11) is 0. The Kier molecular flexibility index (Phi) is 1.81. The molecule has 1 aliphatic rings. The molecule has 0 aromatic heterocycles. The molecule has 0 aliphatic carbocycles. The Labute approximate surface area is 83.0 Å². The number of ketones is 1. The maximum absolute atomic E-state index is 11.9. The lowest BCUT2D eigenvalue weighted by atomic mass is 9.90. The smallest absolute Gasteiger partial charge is 0.186 e. The minimum absolute atomic E-state index is 0.121. The Balaban J connectivity index is 2.91. The number of carbonyl (C=O) groups excluding carboxylic acids is 1. The lowest BCUT2D eigenvalue weighted by Crippen LogP contribution is -2.44. The van der Waals surface area contributed by atoms with E-state index in [0.717, 1.165) is 16.1 Å². The van der Waals surface area contributed by atoms with E-state index < -0.39 is 5.54 Å². The molecule has 0 bridgehead atoms. The molecule has 1 aliphatic heterocycles. The second-order valence-corrected chi connectivity index (χ2v) is 4.14. The fourth-order valence-electron chi connectivity index (χ4n) is 1.82. The zero-order valence-corrected chi connectivity index (χ0v) is 8.66. The topological polar surface area (TPSA) is 29.4 Å². The van der Waals surface area contributed by atoms with Gasteiger partial charge in [0.25, 0.3) is 0 Å². The number of hydrogen-bond acceptors (Lipinski definition) is 2. The van der Waals surface area contributed by atoms with Crippen molar-refractivity contribution in [2.24, 2.45) is 4.99 Å². The van der Waals surface area contributed by atoms with Crippen LogP contribution in [-0.4, -0.2) is 11.3 Å². The summed E-state index contributed by atoms with van der Waals surface area (Å²) in [5, 5.41) is 1.89. The maximum Gasteiger partial charge on any atom is 0.186 e. The molecule has 1 heterocycles. The van der Waals surface area contributed by atoms with Gasteiger partial charge in [0, 0.05) is 10.8 Å². The van der Waals surface area contributed by atoms with Crippen molar-refractivity contribution in [3.8, 4) is 0 Å². The predicted molar refractivity (Wildman–Crippen MR) is 55.4 cm³/mol. The summed E-state index contributed by atoms with van der Waals surface area (Å²) in [6.45, 7) is 5.58. The van der Waals surface area contributed by atoms with Gasteiger partial charge in [0.2, 0.25) is 0 Å². The van der Waals surface area contributed by atoms with Crippen molar-refractivity contribution in [1.29, 1.82) is 0 Å². The van der Waals surface area contributed by atoms with E-state index in [1.807, 2.05) is 45.0 Å². The van der Waals surface area contributed by atoms with Crippen LogP contribution in [0.25, 0.3) is 5.57 Å². The van der Waals surface area contributed by atoms with Crippen molar-refractivity contribution in [1.82, 2.24) is 0 Å². The van der Waals surface area contributed by atoms with Crippen LogP contribution in [-0.2, 0) is 4.79 Å². The molecule has 72 valence electrons. The quantitative estimate of drug-likeness (QED) is 0.591. The molecule has 14 heavy (non-hydrogen) atoms. The van der Waals surface area contributed by atoms with Gasteiger partial charge in [0.05, 0.1) is 5.36 Å². The minimum atomic E-state index is -0.599. The summed E-state index contributed by atoms with van der Waals surface area (Å²) in [6.07, 6.45) is 0. The van der Waals surface area contributed by atoms with Gasteiger partial charge in [-0.3, -0.25) is 9.79 Å². The van der Waals surface area contributed by atoms with Crippen LogP contribution in [0, 0.1) is 0 Å². The zero-order chi connectivity index (χ0) is 10.3. The number of carbonyl (C=O) groups is 1. The lowest BCUT2D eigenvalue weighted by Gasteiger charge is -2.21. The Morgan fingerprint density at radius 3 is 2.57 bits per heavy atom. The van der Waals surface area contributed by atoms with E-state index in [1.54, 1.807) is 0 Å². The monoisotopic (exact) mass is 187 g/mol. The van der Waals surface area contributed by atoms with Crippen LogP contribution < -0.4 is 10.6 Å². The molecule has 2 nitrogen and oxygen atoms in total. The van der Waals surface area contributed by atoms with E-state index in [2.05, 4.69) is 4.99 Å². The molecule has 0 fully saturated rings. The first-order chi connectivity index (χ1) is 6.52. The van der Waals surface area contributed by atoms with Crippen LogP contribution in [0.1, 0.15) is 20.8 Å². The SMILES string of the molecule is CC1=c2ccccc2=NC(C)(C)C1=O. The second-order valence-electron chi connectivity index (χ2n) is 4.14. The van der Waals surface area contributed by atoms with Gasteiger partial charge in [0.15, 0.2) is 5.78 Å². The Morgan fingerprint density at radius 1 is 1.21 bits per heavy atom. The number of fused-ring (bicyclic) bond motifs is 1. The molecule has 2 rings (SSSR count). The van der Waals surface area contributed by atoms with Crippen molar-refractivity contribution in [3.63, 3.8) is 0 Å². The molecule has 0 radical (unpaired) electrons. The molecule has 0 unspecified atom stereocenters. The van der Waals surface area contributed by atoms with Crippen LogP contribution in [0.2, 0.25) is 0 Å². The van der Waals surface area contributed by atoms with Gasteiger partial charge >= 0.3 is 0 Å². The number of para-hydroxylation sites is 1. The fourth-order valence-corrected chi connectivity index (χ4v) is 1.82. The second kappa shape index (κ2) is 2.77. The van der Waals surface area contributed by atoms with Crippen molar-refractivity contribution in [2.45, 2.75) is 26.3 Å². The molecular weight excluding hydrogens is 174 g/mol. The fraction of sp³-hybridized carbons (Fsp3) is 0.333. The molecule has 0 saturated heterocycles. The molecular formula is C12H13NO. The maximum atomic E-state index is 11.9. The van der Waals surface area contributed by atoms with Crippen LogP contribution in [0.15, 0.2) is 29.3 Å². The number of nitrogens with zero attached hydrogens (tertiary/aromatic N) is 1. The Bertz CT molecular complexity index is 511. The van der Waals surface area contributed by atoms with Crippen molar-refractivity contribution in [3.05, 3.63) is 34.8 Å². The first kappa shape index (κ1) is 9.13. The lowest BCUT2D eigenvalue weighted by molar-refractivity contribution is -0.117. The van der Waals surface area contributed by atoms with E-state index in [0.29, 0.717) is 0 Å². The highest BCUT2D eigenvalue weighted by molar-refractivity contribution is 6.19. The summed E-state index contributed by atoms with van der Waals surface area (Å²) in [6, 6.07) is 7.78. The van der Waals surface area contributed by atoms with Crippen LogP contribution in [0.4, 0.5) is 0 Å². The van der Waals surface area contributed by atoms with Crippen molar-refractivity contribution < 1.29 is 4.79 Å². The van der Waals surface area contributed by atoms with E-state index in [4.69, 9.17) is 0 Å². The summed E-state index contributed by atoms with van der Waals surface area (Å²) < 4.78 is 0. The third kappa shape index (κ3) is 1.18. The Hall–Kier alpha value is -1.44. The van der Waals surface area contributed by atoms with Gasteiger partial charge in [-0.05, 0) is 26.8 Å². The molecule has 1 aromatic carbocycles. The van der Waals surface area contributed by atoms with Gasteiger partial charge in [-0.2, -0.15) is 0 Å². The summed E-state index contributed by atoms with van der Waals surface area (Å²) in [5.74, 6) is 0.121. The van der Waals surface area contributed by atoms with Crippen molar-refractivity contribution in [2.75, 3.05) is 0 Å². The minimum Gasteiger partial charge on any atom is -0.292 e. The largest absolute Gasteiger partial charge is 0.292 e. The highest BCUT2D eigenvalue weighted by Gasteiger charge is 2.30. The van der Waals surface area contributed by atoms with Crippen LogP contribution >= 0.6 is 0 Å². The van der Waals surface area contributed by atoms with E-state index in [9.17, 15) is 4.79 Å².